The number of hydrogen-bond acceptors (Lipinski definition) is 5. The molecule has 3 fully saturated rings. The van der Waals surface area contributed by atoms with E-state index in [2.05, 4.69) is 19.0 Å². The van der Waals surface area contributed by atoms with Crippen molar-refractivity contribution in [3.63, 3.8) is 0 Å². The maximum atomic E-state index is 12.9. The Bertz CT molecular complexity index is 715. The molecule has 0 saturated carbocycles. The van der Waals surface area contributed by atoms with Gasteiger partial charge in [-0.15, -0.1) is 11.3 Å². The lowest BCUT2D eigenvalue weighted by Crippen LogP contribution is -2.40. The summed E-state index contributed by atoms with van der Waals surface area (Å²) in [6.45, 7) is 4.05. The molecule has 0 radical (unpaired) electrons. The summed E-state index contributed by atoms with van der Waals surface area (Å²) in [6.07, 6.45) is 2.39. The minimum Gasteiger partial charge on any atom is -0.370 e. The van der Waals surface area contributed by atoms with Crippen molar-refractivity contribution in [2.75, 3.05) is 33.7 Å². The highest BCUT2D eigenvalue weighted by molar-refractivity contribution is 7.91. The Kier molecular flexibility index (Phi) is 3.67. The van der Waals surface area contributed by atoms with Crippen LogP contribution in [0.25, 0.3) is 0 Å². The molecule has 0 aliphatic carbocycles. The van der Waals surface area contributed by atoms with Crippen LogP contribution in [0.4, 0.5) is 0 Å². The van der Waals surface area contributed by atoms with Crippen LogP contribution in [-0.2, 0) is 14.8 Å². The van der Waals surface area contributed by atoms with Gasteiger partial charge in [-0.3, -0.25) is 0 Å². The number of thiophene rings is 1. The summed E-state index contributed by atoms with van der Waals surface area (Å²) in [5, 5.41) is 0. The summed E-state index contributed by atoms with van der Waals surface area (Å²) >= 11 is 1.36. The average molecular weight is 357 g/mol. The van der Waals surface area contributed by atoms with Crippen LogP contribution in [0.5, 0.6) is 0 Å². The van der Waals surface area contributed by atoms with Crippen LogP contribution < -0.4 is 0 Å². The highest BCUT2D eigenvalue weighted by atomic mass is 32.2. The van der Waals surface area contributed by atoms with Crippen LogP contribution in [0.15, 0.2) is 16.3 Å². The molecule has 4 rings (SSSR count). The molecule has 23 heavy (non-hydrogen) atoms. The van der Waals surface area contributed by atoms with Crippen molar-refractivity contribution in [1.29, 1.82) is 0 Å². The molecule has 4 heterocycles. The van der Waals surface area contributed by atoms with E-state index in [0.717, 1.165) is 24.3 Å². The van der Waals surface area contributed by atoms with Gasteiger partial charge in [0.05, 0.1) is 11.7 Å². The Morgan fingerprint density at radius 2 is 2.22 bits per heavy atom. The summed E-state index contributed by atoms with van der Waals surface area (Å²) < 4.78 is 34.4. The van der Waals surface area contributed by atoms with Gasteiger partial charge in [-0.2, -0.15) is 4.31 Å². The fourth-order valence-corrected chi connectivity index (χ4v) is 7.64. The number of fused-ring (bicyclic) bond motifs is 1. The highest BCUT2D eigenvalue weighted by Gasteiger charge is 2.64. The first-order valence-corrected chi connectivity index (χ1v) is 10.5. The molecule has 0 amide bonds. The lowest BCUT2D eigenvalue weighted by molar-refractivity contribution is 0.00740. The van der Waals surface area contributed by atoms with E-state index >= 15 is 0 Å². The van der Waals surface area contributed by atoms with E-state index in [1.807, 2.05) is 13.0 Å². The van der Waals surface area contributed by atoms with Gasteiger partial charge in [0.15, 0.2) is 0 Å². The quantitative estimate of drug-likeness (QED) is 0.825. The van der Waals surface area contributed by atoms with Crippen molar-refractivity contribution >= 4 is 21.4 Å². The molecule has 1 aromatic heterocycles. The van der Waals surface area contributed by atoms with Gasteiger partial charge in [0, 0.05) is 36.3 Å². The first kappa shape index (κ1) is 16.0. The molecule has 5 nitrogen and oxygen atoms in total. The lowest BCUT2D eigenvalue weighted by Gasteiger charge is -2.31. The van der Waals surface area contributed by atoms with Crippen LogP contribution in [-0.4, -0.2) is 63.1 Å². The molecule has 128 valence electrons. The topological polar surface area (TPSA) is 49.9 Å². The van der Waals surface area contributed by atoms with E-state index in [1.54, 1.807) is 10.4 Å². The molecule has 3 aliphatic heterocycles. The number of aryl methyl sites for hydroxylation is 1. The standard InChI is InChI=1S/C16H24N2O3S2/c1-11-4-5-15(22-11)23(19,20)18-9-13-12(8-17(2)3)14-6-7-16(13,10-18)21-14/h4-5,12-14H,6-10H2,1-3H3/t12-,13+,14+,16+/m0/s1. The van der Waals surface area contributed by atoms with Gasteiger partial charge >= 0.3 is 0 Å². The fraction of sp³-hybridized carbons (Fsp3) is 0.750. The number of hydrogen-bond donors (Lipinski definition) is 0. The van der Waals surface area contributed by atoms with Gasteiger partial charge < -0.3 is 9.64 Å². The minimum atomic E-state index is -3.38. The molecule has 0 N–H and O–H groups in total. The molecular formula is C16H24N2O3S2. The Morgan fingerprint density at radius 3 is 2.87 bits per heavy atom. The zero-order valence-electron chi connectivity index (χ0n) is 13.9. The van der Waals surface area contributed by atoms with Crippen LogP contribution in [0.3, 0.4) is 0 Å². The third kappa shape index (κ3) is 2.40. The average Bonchev–Trinajstić information content (AvgIpc) is 3.19. The molecule has 7 heteroatoms. The summed E-state index contributed by atoms with van der Waals surface area (Å²) in [4.78, 5) is 3.23. The number of ether oxygens (including phenoxy) is 1. The van der Waals surface area contributed by atoms with E-state index in [4.69, 9.17) is 4.74 Å². The molecule has 0 unspecified atom stereocenters. The van der Waals surface area contributed by atoms with Gasteiger partial charge in [0.2, 0.25) is 0 Å². The fourth-order valence-electron chi connectivity index (χ4n) is 4.67. The Labute approximate surface area is 142 Å². The second kappa shape index (κ2) is 5.26. The summed E-state index contributed by atoms with van der Waals surface area (Å²) in [6, 6.07) is 3.61. The van der Waals surface area contributed by atoms with E-state index in [-0.39, 0.29) is 5.60 Å². The normalized spacial score (nSPS) is 37.0. The third-order valence-electron chi connectivity index (χ3n) is 5.64. The van der Waals surface area contributed by atoms with Gasteiger partial charge in [0.25, 0.3) is 10.0 Å². The number of sulfonamides is 1. The SMILES string of the molecule is Cc1ccc(S(=O)(=O)N2C[C@@H]3[C@H](CN(C)C)[C@H]4CC[C@]3(C2)O4)s1. The Hall–Kier alpha value is -0.470. The first-order valence-electron chi connectivity index (χ1n) is 8.21. The van der Waals surface area contributed by atoms with Crippen molar-refractivity contribution in [2.24, 2.45) is 11.8 Å². The largest absolute Gasteiger partial charge is 0.370 e. The minimum absolute atomic E-state index is 0.231. The smallest absolute Gasteiger partial charge is 0.252 e. The van der Waals surface area contributed by atoms with E-state index in [9.17, 15) is 8.42 Å². The second-order valence-electron chi connectivity index (χ2n) is 7.45. The summed E-state index contributed by atoms with van der Waals surface area (Å²) in [7, 11) is 0.777. The van der Waals surface area contributed by atoms with E-state index in [1.165, 1.54) is 11.3 Å². The van der Waals surface area contributed by atoms with Gasteiger partial charge in [-0.1, -0.05) is 0 Å². The van der Waals surface area contributed by atoms with Crippen LogP contribution in [0, 0.1) is 18.8 Å². The second-order valence-corrected chi connectivity index (χ2v) is 10.9. The third-order valence-corrected chi connectivity index (χ3v) is 8.92. The Balaban J connectivity index is 1.61. The lowest BCUT2D eigenvalue weighted by atomic mass is 9.73. The summed E-state index contributed by atoms with van der Waals surface area (Å²) in [5.74, 6) is 0.781. The molecule has 3 aliphatic rings. The van der Waals surface area contributed by atoms with Crippen molar-refractivity contribution < 1.29 is 13.2 Å². The molecule has 3 saturated heterocycles. The molecule has 1 spiro atoms. The van der Waals surface area contributed by atoms with Gasteiger partial charge in [-0.25, -0.2) is 8.42 Å². The molecular weight excluding hydrogens is 332 g/mol. The van der Waals surface area contributed by atoms with Crippen molar-refractivity contribution in [2.45, 2.75) is 35.7 Å². The van der Waals surface area contributed by atoms with Gasteiger partial charge in [-0.05, 0) is 46.0 Å². The summed E-state index contributed by atoms with van der Waals surface area (Å²) in [5.41, 5.74) is -0.231. The molecule has 1 aromatic rings. The zero-order chi connectivity index (χ0) is 16.4. The Morgan fingerprint density at radius 1 is 1.43 bits per heavy atom. The van der Waals surface area contributed by atoms with Crippen molar-refractivity contribution in [3.8, 4) is 0 Å². The number of rotatable bonds is 4. The van der Waals surface area contributed by atoms with Crippen LogP contribution in [0.1, 0.15) is 17.7 Å². The van der Waals surface area contributed by atoms with Crippen molar-refractivity contribution in [3.05, 3.63) is 17.0 Å². The van der Waals surface area contributed by atoms with Crippen LogP contribution >= 0.6 is 11.3 Å². The highest BCUT2D eigenvalue weighted by Crippen LogP contribution is 2.55. The maximum absolute atomic E-state index is 12.9. The maximum Gasteiger partial charge on any atom is 0.252 e. The monoisotopic (exact) mass is 356 g/mol. The molecule has 2 bridgehead atoms. The molecule has 4 atom stereocenters. The predicted molar refractivity (Wildman–Crippen MR) is 90.2 cm³/mol. The van der Waals surface area contributed by atoms with Crippen LogP contribution in [0.2, 0.25) is 0 Å². The zero-order valence-corrected chi connectivity index (χ0v) is 15.5. The van der Waals surface area contributed by atoms with E-state index in [0.29, 0.717) is 35.2 Å². The first-order chi connectivity index (χ1) is 10.8. The van der Waals surface area contributed by atoms with Crippen molar-refractivity contribution in [1.82, 2.24) is 9.21 Å². The molecule has 0 aromatic carbocycles. The number of nitrogens with zero attached hydrogens (tertiary/aromatic N) is 2. The predicted octanol–water partition coefficient (Wildman–Crippen LogP) is 1.79. The van der Waals surface area contributed by atoms with Gasteiger partial charge in [0.1, 0.15) is 4.21 Å². The van der Waals surface area contributed by atoms with E-state index < -0.39 is 10.0 Å².